The molecular formula is C9H15N3. The molecule has 1 unspecified atom stereocenters. The molecule has 0 radical (unpaired) electrons. The molecule has 2 heterocycles. The van der Waals surface area contributed by atoms with Crippen molar-refractivity contribution in [2.45, 2.75) is 32.4 Å². The van der Waals surface area contributed by atoms with Gasteiger partial charge in [-0.3, -0.25) is 10.00 Å². The highest BCUT2D eigenvalue weighted by atomic mass is 15.3. The Balaban J connectivity index is 2.08. The highest BCUT2D eigenvalue weighted by Gasteiger charge is 2.13. The monoisotopic (exact) mass is 165 g/mol. The van der Waals surface area contributed by atoms with Crippen molar-refractivity contribution in [3.05, 3.63) is 18.0 Å². The number of hydrogen-bond donors (Lipinski definition) is 1. The van der Waals surface area contributed by atoms with E-state index in [1.807, 2.05) is 10.9 Å². The maximum atomic E-state index is 4.29. The summed E-state index contributed by atoms with van der Waals surface area (Å²) >= 11 is 0. The van der Waals surface area contributed by atoms with Crippen LogP contribution in [0.25, 0.3) is 0 Å². The van der Waals surface area contributed by atoms with Gasteiger partial charge >= 0.3 is 0 Å². The molecule has 1 fully saturated rings. The topological polar surface area (TPSA) is 29.9 Å². The van der Waals surface area contributed by atoms with Crippen LogP contribution in [0.15, 0.2) is 12.4 Å². The Morgan fingerprint density at radius 1 is 1.58 bits per heavy atom. The maximum absolute atomic E-state index is 4.29. The lowest BCUT2D eigenvalue weighted by Gasteiger charge is -2.23. The molecule has 1 aromatic rings. The van der Waals surface area contributed by atoms with Gasteiger partial charge < -0.3 is 0 Å². The molecule has 0 aliphatic carbocycles. The summed E-state index contributed by atoms with van der Waals surface area (Å²) in [5.74, 6) is 0. The van der Waals surface area contributed by atoms with Crippen molar-refractivity contribution in [3.8, 4) is 0 Å². The Bertz CT molecular complexity index is 248. The predicted octanol–water partition coefficient (Wildman–Crippen LogP) is 1.46. The molecule has 1 aromatic heterocycles. The van der Waals surface area contributed by atoms with Gasteiger partial charge in [0, 0.05) is 6.20 Å². The second-order valence-corrected chi connectivity index (χ2v) is 3.46. The summed E-state index contributed by atoms with van der Waals surface area (Å²) in [5.41, 5.74) is 1.24. The maximum Gasteiger partial charge on any atom is 0.101 e. The zero-order chi connectivity index (χ0) is 8.39. The van der Waals surface area contributed by atoms with E-state index >= 15 is 0 Å². The Kier molecular flexibility index (Phi) is 2.13. The fourth-order valence-corrected chi connectivity index (χ4v) is 1.66. The standard InChI is InChI=1S/C9H15N3/c1-8-6-11-12(7-8)9-4-2-3-5-10-9/h6-7,9-10H,2-5H2,1H3. The van der Waals surface area contributed by atoms with Crippen LogP contribution in [0, 0.1) is 6.92 Å². The number of aryl methyl sites for hydroxylation is 1. The second-order valence-electron chi connectivity index (χ2n) is 3.46. The molecule has 1 atom stereocenters. The number of rotatable bonds is 1. The van der Waals surface area contributed by atoms with Crippen LogP contribution >= 0.6 is 0 Å². The van der Waals surface area contributed by atoms with E-state index in [1.54, 1.807) is 0 Å². The zero-order valence-electron chi connectivity index (χ0n) is 7.45. The molecule has 1 aliphatic heterocycles. The molecule has 1 saturated heterocycles. The number of hydrogen-bond acceptors (Lipinski definition) is 2. The van der Waals surface area contributed by atoms with Gasteiger partial charge in [0.05, 0.1) is 6.20 Å². The van der Waals surface area contributed by atoms with Gasteiger partial charge in [0.1, 0.15) is 6.17 Å². The summed E-state index contributed by atoms with van der Waals surface area (Å²) in [6.07, 6.45) is 8.28. The van der Waals surface area contributed by atoms with Crippen molar-refractivity contribution in [3.63, 3.8) is 0 Å². The molecule has 1 N–H and O–H groups in total. The van der Waals surface area contributed by atoms with E-state index in [0.717, 1.165) is 6.54 Å². The van der Waals surface area contributed by atoms with Crippen LogP contribution < -0.4 is 5.32 Å². The number of aromatic nitrogens is 2. The number of nitrogens with one attached hydrogen (secondary N) is 1. The third-order valence-electron chi connectivity index (χ3n) is 2.33. The molecule has 1 aliphatic rings. The normalized spacial score (nSPS) is 24.2. The predicted molar refractivity (Wildman–Crippen MR) is 47.9 cm³/mol. The van der Waals surface area contributed by atoms with Crippen molar-refractivity contribution >= 4 is 0 Å². The lowest BCUT2D eigenvalue weighted by atomic mass is 10.1. The van der Waals surface area contributed by atoms with Crippen LogP contribution in [0.5, 0.6) is 0 Å². The third-order valence-corrected chi connectivity index (χ3v) is 2.33. The minimum Gasteiger partial charge on any atom is -0.296 e. The lowest BCUT2D eigenvalue weighted by molar-refractivity contribution is 0.298. The number of nitrogens with zero attached hydrogens (tertiary/aromatic N) is 2. The summed E-state index contributed by atoms with van der Waals surface area (Å²) in [4.78, 5) is 0. The van der Waals surface area contributed by atoms with Crippen molar-refractivity contribution in [1.29, 1.82) is 0 Å². The summed E-state index contributed by atoms with van der Waals surface area (Å²) in [7, 11) is 0. The van der Waals surface area contributed by atoms with Gasteiger partial charge in [0.15, 0.2) is 0 Å². The summed E-state index contributed by atoms with van der Waals surface area (Å²) in [5, 5.41) is 7.74. The van der Waals surface area contributed by atoms with Crippen molar-refractivity contribution in [2.75, 3.05) is 6.54 Å². The molecule has 3 heteroatoms. The average molecular weight is 165 g/mol. The summed E-state index contributed by atoms with van der Waals surface area (Å²) in [6.45, 7) is 3.20. The van der Waals surface area contributed by atoms with E-state index in [1.165, 1.54) is 24.8 Å². The third kappa shape index (κ3) is 1.50. The van der Waals surface area contributed by atoms with E-state index in [0.29, 0.717) is 6.17 Å². The van der Waals surface area contributed by atoms with E-state index in [9.17, 15) is 0 Å². The quantitative estimate of drug-likeness (QED) is 0.682. The van der Waals surface area contributed by atoms with Gasteiger partial charge in [0.25, 0.3) is 0 Å². The van der Waals surface area contributed by atoms with E-state index in [2.05, 4.69) is 23.5 Å². The fourth-order valence-electron chi connectivity index (χ4n) is 1.66. The molecule has 0 spiro atoms. The summed E-state index contributed by atoms with van der Waals surface area (Å²) in [6, 6.07) is 0. The van der Waals surface area contributed by atoms with Crippen LogP contribution in [0.1, 0.15) is 31.0 Å². The van der Waals surface area contributed by atoms with Crippen LogP contribution in [0.3, 0.4) is 0 Å². The van der Waals surface area contributed by atoms with Crippen molar-refractivity contribution in [2.24, 2.45) is 0 Å². The van der Waals surface area contributed by atoms with Crippen LogP contribution in [0.4, 0.5) is 0 Å². The molecule has 3 nitrogen and oxygen atoms in total. The van der Waals surface area contributed by atoms with E-state index in [4.69, 9.17) is 0 Å². The second kappa shape index (κ2) is 3.27. The Hall–Kier alpha value is -0.830. The first kappa shape index (κ1) is 7.80. The SMILES string of the molecule is Cc1cnn(C2CCCCN2)c1. The largest absolute Gasteiger partial charge is 0.296 e. The van der Waals surface area contributed by atoms with Gasteiger partial charge in [-0.25, -0.2) is 0 Å². The van der Waals surface area contributed by atoms with Gasteiger partial charge in [-0.2, -0.15) is 5.10 Å². The summed E-state index contributed by atoms with van der Waals surface area (Å²) < 4.78 is 2.04. The molecule has 0 bridgehead atoms. The average Bonchev–Trinajstić information content (AvgIpc) is 2.54. The van der Waals surface area contributed by atoms with Gasteiger partial charge in [-0.05, 0) is 38.3 Å². The van der Waals surface area contributed by atoms with Gasteiger partial charge in [0.2, 0.25) is 0 Å². The molecule has 0 aromatic carbocycles. The van der Waals surface area contributed by atoms with Crippen molar-refractivity contribution < 1.29 is 0 Å². The molecule has 2 rings (SSSR count). The highest BCUT2D eigenvalue weighted by Crippen LogP contribution is 2.15. The zero-order valence-corrected chi connectivity index (χ0v) is 7.45. The first-order valence-corrected chi connectivity index (χ1v) is 4.60. The molecular weight excluding hydrogens is 150 g/mol. The first-order valence-electron chi connectivity index (χ1n) is 4.60. The Morgan fingerprint density at radius 3 is 3.08 bits per heavy atom. The molecule has 0 amide bonds. The van der Waals surface area contributed by atoms with E-state index in [-0.39, 0.29) is 0 Å². The Morgan fingerprint density at radius 2 is 2.50 bits per heavy atom. The molecule has 0 saturated carbocycles. The minimum absolute atomic E-state index is 0.437. The van der Waals surface area contributed by atoms with Gasteiger partial charge in [-0.15, -0.1) is 0 Å². The molecule has 12 heavy (non-hydrogen) atoms. The Labute approximate surface area is 72.8 Å². The van der Waals surface area contributed by atoms with Crippen molar-refractivity contribution in [1.82, 2.24) is 15.1 Å². The van der Waals surface area contributed by atoms with Crippen LogP contribution in [-0.2, 0) is 0 Å². The molecule has 66 valence electrons. The first-order chi connectivity index (χ1) is 5.86. The lowest BCUT2D eigenvalue weighted by Crippen LogP contribution is -2.31. The van der Waals surface area contributed by atoms with E-state index < -0.39 is 0 Å². The van der Waals surface area contributed by atoms with Crippen LogP contribution in [0.2, 0.25) is 0 Å². The smallest absolute Gasteiger partial charge is 0.101 e. The number of piperidine rings is 1. The minimum atomic E-state index is 0.437. The fraction of sp³-hybridized carbons (Fsp3) is 0.667. The van der Waals surface area contributed by atoms with Gasteiger partial charge in [-0.1, -0.05) is 0 Å². The highest BCUT2D eigenvalue weighted by molar-refractivity contribution is 5.00. The van der Waals surface area contributed by atoms with Crippen LogP contribution in [-0.4, -0.2) is 16.3 Å².